The first-order chi connectivity index (χ1) is 15.5. The third-order valence-corrected chi connectivity index (χ3v) is 6.19. The minimum absolute atomic E-state index is 0.328. The van der Waals surface area contributed by atoms with Crippen LogP contribution in [0.25, 0.3) is 5.57 Å². The molecule has 3 aromatic rings. The molecule has 0 atom stereocenters. The molecule has 0 bridgehead atoms. The SMILES string of the molecule is COc1ccccc1N1C(=O)C(c2ccc(C)cc2C)=C(N2CCc3ccccc32)C1=O. The number of amides is 2. The van der Waals surface area contributed by atoms with E-state index >= 15 is 0 Å². The number of nitrogens with zero attached hydrogens (tertiary/aromatic N) is 2. The molecule has 2 aliphatic rings. The van der Waals surface area contributed by atoms with Crippen molar-refractivity contribution < 1.29 is 14.3 Å². The molecule has 0 spiro atoms. The molecule has 5 nitrogen and oxygen atoms in total. The number of imide groups is 1. The van der Waals surface area contributed by atoms with Crippen LogP contribution in [0.3, 0.4) is 0 Å². The Morgan fingerprint density at radius 1 is 0.844 bits per heavy atom. The van der Waals surface area contributed by atoms with Crippen LogP contribution in [0.15, 0.2) is 72.4 Å². The molecule has 160 valence electrons. The second-order valence-corrected chi connectivity index (χ2v) is 8.19. The maximum atomic E-state index is 13.9. The minimum Gasteiger partial charge on any atom is -0.495 e. The van der Waals surface area contributed by atoms with Crippen LogP contribution in [0.2, 0.25) is 0 Å². The molecule has 2 heterocycles. The maximum Gasteiger partial charge on any atom is 0.282 e. The number of benzene rings is 3. The van der Waals surface area contributed by atoms with Crippen LogP contribution < -0.4 is 14.5 Å². The zero-order valence-corrected chi connectivity index (χ0v) is 18.4. The van der Waals surface area contributed by atoms with Gasteiger partial charge in [-0.15, -0.1) is 0 Å². The monoisotopic (exact) mass is 424 g/mol. The number of fused-ring (bicyclic) bond motifs is 1. The fourth-order valence-electron chi connectivity index (χ4n) is 4.71. The van der Waals surface area contributed by atoms with E-state index in [-0.39, 0.29) is 11.8 Å². The van der Waals surface area contributed by atoms with Gasteiger partial charge in [-0.25, -0.2) is 4.90 Å². The highest BCUT2D eigenvalue weighted by atomic mass is 16.5. The first-order valence-corrected chi connectivity index (χ1v) is 10.7. The number of ether oxygens (including phenoxy) is 1. The average molecular weight is 425 g/mol. The van der Waals surface area contributed by atoms with Gasteiger partial charge in [0, 0.05) is 12.2 Å². The number of para-hydroxylation sites is 3. The van der Waals surface area contributed by atoms with Crippen molar-refractivity contribution in [3.8, 4) is 5.75 Å². The number of carbonyl (C=O) groups is 2. The summed E-state index contributed by atoms with van der Waals surface area (Å²) in [5.41, 5.74) is 6.34. The first kappa shape index (κ1) is 20.1. The predicted molar refractivity (Wildman–Crippen MR) is 126 cm³/mol. The van der Waals surface area contributed by atoms with Gasteiger partial charge in [0.2, 0.25) is 0 Å². The van der Waals surface area contributed by atoms with Gasteiger partial charge in [-0.2, -0.15) is 0 Å². The maximum absolute atomic E-state index is 13.9. The Morgan fingerprint density at radius 3 is 2.31 bits per heavy atom. The molecule has 2 aliphatic heterocycles. The second-order valence-electron chi connectivity index (χ2n) is 8.19. The average Bonchev–Trinajstić information content (AvgIpc) is 3.32. The van der Waals surface area contributed by atoms with Crippen LogP contribution in [-0.4, -0.2) is 25.5 Å². The van der Waals surface area contributed by atoms with Crippen molar-refractivity contribution in [1.29, 1.82) is 0 Å². The van der Waals surface area contributed by atoms with Gasteiger partial charge < -0.3 is 9.64 Å². The van der Waals surface area contributed by atoms with Crippen LogP contribution in [0.1, 0.15) is 22.3 Å². The first-order valence-electron chi connectivity index (χ1n) is 10.7. The molecular weight excluding hydrogens is 400 g/mol. The molecule has 5 heteroatoms. The summed E-state index contributed by atoms with van der Waals surface area (Å²) in [4.78, 5) is 31.0. The lowest BCUT2D eigenvalue weighted by atomic mass is 9.97. The van der Waals surface area contributed by atoms with E-state index in [0.717, 1.165) is 28.8 Å². The third-order valence-electron chi connectivity index (χ3n) is 6.19. The summed E-state index contributed by atoms with van der Waals surface area (Å²) in [5, 5.41) is 0. The number of carbonyl (C=O) groups excluding carboxylic acids is 2. The molecule has 0 radical (unpaired) electrons. The minimum atomic E-state index is -0.328. The van der Waals surface area contributed by atoms with E-state index in [9.17, 15) is 9.59 Å². The Labute approximate surface area is 187 Å². The van der Waals surface area contributed by atoms with Gasteiger partial charge in [0.25, 0.3) is 11.8 Å². The lowest BCUT2D eigenvalue weighted by molar-refractivity contribution is -0.120. The van der Waals surface area contributed by atoms with E-state index in [1.165, 1.54) is 10.5 Å². The Kier molecular flexibility index (Phi) is 4.82. The van der Waals surface area contributed by atoms with E-state index in [4.69, 9.17) is 4.74 Å². The Morgan fingerprint density at radius 2 is 1.56 bits per heavy atom. The molecular formula is C27H24N2O3. The van der Waals surface area contributed by atoms with Gasteiger partial charge in [0.1, 0.15) is 11.4 Å². The Hall–Kier alpha value is -3.86. The molecule has 5 rings (SSSR count). The molecule has 0 aliphatic carbocycles. The van der Waals surface area contributed by atoms with Crippen molar-refractivity contribution in [1.82, 2.24) is 0 Å². The van der Waals surface area contributed by atoms with Gasteiger partial charge in [-0.3, -0.25) is 9.59 Å². The van der Waals surface area contributed by atoms with E-state index in [0.29, 0.717) is 29.3 Å². The summed E-state index contributed by atoms with van der Waals surface area (Å²) < 4.78 is 5.47. The van der Waals surface area contributed by atoms with Gasteiger partial charge >= 0.3 is 0 Å². The number of rotatable bonds is 4. The lowest BCUT2D eigenvalue weighted by Gasteiger charge is -2.22. The standard InChI is InChI=1S/C27H24N2O3/c1-17-12-13-20(18(2)16-17)24-25(28-15-14-19-8-4-5-9-21(19)28)27(31)29(26(24)30)22-10-6-7-11-23(22)32-3/h4-13,16H,14-15H2,1-3H3. The van der Waals surface area contributed by atoms with Crippen LogP contribution in [0.5, 0.6) is 5.75 Å². The smallest absolute Gasteiger partial charge is 0.282 e. The van der Waals surface area contributed by atoms with Crippen molar-refractivity contribution in [2.24, 2.45) is 0 Å². The van der Waals surface area contributed by atoms with Crippen LogP contribution in [0.4, 0.5) is 11.4 Å². The number of methoxy groups -OCH3 is 1. The molecule has 2 amide bonds. The van der Waals surface area contributed by atoms with Crippen LogP contribution in [0, 0.1) is 13.8 Å². The summed E-state index contributed by atoms with van der Waals surface area (Å²) in [7, 11) is 1.54. The summed E-state index contributed by atoms with van der Waals surface area (Å²) in [5.74, 6) is -0.172. The van der Waals surface area contributed by atoms with Crippen LogP contribution in [-0.2, 0) is 16.0 Å². The fraction of sp³-hybridized carbons (Fsp3) is 0.185. The third kappa shape index (κ3) is 3.01. The summed E-state index contributed by atoms with van der Waals surface area (Å²) >= 11 is 0. The van der Waals surface area contributed by atoms with Crippen molar-refractivity contribution >= 4 is 28.8 Å². The van der Waals surface area contributed by atoms with E-state index in [1.54, 1.807) is 25.3 Å². The molecule has 0 unspecified atom stereocenters. The molecule has 0 aromatic heterocycles. The molecule has 0 fully saturated rings. The Balaban J connectivity index is 1.73. The van der Waals surface area contributed by atoms with Crippen molar-refractivity contribution in [2.45, 2.75) is 20.3 Å². The largest absolute Gasteiger partial charge is 0.495 e. The molecule has 0 saturated heterocycles. The highest BCUT2D eigenvalue weighted by molar-refractivity contribution is 6.46. The quantitative estimate of drug-likeness (QED) is 0.572. The number of hydrogen-bond acceptors (Lipinski definition) is 4. The zero-order chi connectivity index (χ0) is 22.4. The van der Waals surface area contributed by atoms with Gasteiger partial charge in [0.15, 0.2) is 0 Å². The summed E-state index contributed by atoms with van der Waals surface area (Å²) in [6.45, 7) is 4.65. The fourth-order valence-corrected chi connectivity index (χ4v) is 4.71. The van der Waals surface area contributed by atoms with Crippen molar-refractivity contribution in [3.05, 3.63) is 94.7 Å². The van der Waals surface area contributed by atoms with Gasteiger partial charge in [0.05, 0.1) is 18.4 Å². The van der Waals surface area contributed by atoms with Crippen molar-refractivity contribution in [3.63, 3.8) is 0 Å². The normalized spacial score (nSPS) is 15.6. The summed E-state index contributed by atoms with van der Waals surface area (Å²) in [6.07, 6.45) is 0.829. The van der Waals surface area contributed by atoms with Crippen molar-refractivity contribution in [2.75, 3.05) is 23.5 Å². The molecule has 3 aromatic carbocycles. The summed E-state index contributed by atoms with van der Waals surface area (Å²) in [6, 6.07) is 21.2. The van der Waals surface area contributed by atoms with E-state index < -0.39 is 0 Å². The van der Waals surface area contributed by atoms with Gasteiger partial charge in [-0.1, -0.05) is 54.1 Å². The zero-order valence-electron chi connectivity index (χ0n) is 18.4. The highest BCUT2D eigenvalue weighted by Gasteiger charge is 2.45. The number of hydrogen-bond donors (Lipinski definition) is 0. The molecule has 0 saturated carbocycles. The molecule has 0 N–H and O–H groups in total. The number of aryl methyl sites for hydroxylation is 2. The number of anilines is 2. The lowest BCUT2D eigenvalue weighted by Crippen LogP contribution is -2.35. The van der Waals surface area contributed by atoms with Crippen LogP contribution >= 0.6 is 0 Å². The Bertz CT molecular complexity index is 1290. The van der Waals surface area contributed by atoms with E-state index in [2.05, 4.69) is 6.07 Å². The highest BCUT2D eigenvalue weighted by Crippen LogP contribution is 2.42. The second kappa shape index (κ2) is 7.68. The topological polar surface area (TPSA) is 49.9 Å². The van der Waals surface area contributed by atoms with Gasteiger partial charge in [-0.05, 0) is 55.2 Å². The van der Waals surface area contributed by atoms with E-state index in [1.807, 2.05) is 61.2 Å². The molecule has 32 heavy (non-hydrogen) atoms. The predicted octanol–water partition coefficient (Wildman–Crippen LogP) is 4.66.